The summed E-state index contributed by atoms with van der Waals surface area (Å²) in [5.41, 5.74) is 0. The summed E-state index contributed by atoms with van der Waals surface area (Å²) in [6.07, 6.45) is 64.0. The zero-order chi connectivity index (χ0) is 45.9. The van der Waals surface area contributed by atoms with Crippen molar-refractivity contribution >= 4 is 11.9 Å². The molecule has 364 valence electrons. The number of hydrogen-bond donors (Lipinski definition) is 3. The Kier molecular flexibility index (Phi) is 48.1. The number of aliphatic hydroxyl groups excluding tert-OH is 2. The fourth-order valence-electron chi connectivity index (χ4n) is 7.86. The van der Waals surface area contributed by atoms with Gasteiger partial charge in [-0.2, -0.15) is 0 Å². The van der Waals surface area contributed by atoms with Crippen molar-refractivity contribution in [3.05, 3.63) is 72.9 Å². The van der Waals surface area contributed by atoms with Crippen LogP contribution in [0.2, 0.25) is 0 Å². The third-order valence-electron chi connectivity index (χ3n) is 11.9. The first-order valence-electron chi connectivity index (χ1n) is 26.7. The molecule has 1 amide bonds. The van der Waals surface area contributed by atoms with E-state index in [9.17, 15) is 19.8 Å². The highest BCUT2D eigenvalue weighted by atomic mass is 16.5. The molecule has 0 aromatic carbocycles. The van der Waals surface area contributed by atoms with Crippen molar-refractivity contribution < 1.29 is 24.5 Å². The van der Waals surface area contributed by atoms with Crippen molar-refractivity contribution in [1.29, 1.82) is 0 Å². The molecule has 0 heterocycles. The van der Waals surface area contributed by atoms with E-state index < -0.39 is 18.2 Å². The average Bonchev–Trinajstić information content (AvgIpc) is 3.28. The zero-order valence-corrected chi connectivity index (χ0v) is 41.4. The number of nitrogens with one attached hydrogen (secondary N) is 1. The van der Waals surface area contributed by atoms with Gasteiger partial charge in [-0.3, -0.25) is 9.59 Å². The third-order valence-corrected chi connectivity index (χ3v) is 11.9. The fourth-order valence-corrected chi connectivity index (χ4v) is 7.86. The van der Waals surface area contributed by atoms with Crippen LogP contribution in [0.25, 0.3) is 0 Å². The fraction of sp³-hybridized carbons (Fsp3) is 0.754. The van der Waals surface area contributed by atoms with Crippen LogP contribution in [0.5, 0.6) is 0 Å². The number of aliphatic hydroxyl groups is 2. The smallest absolute Gasteiger partial charge is 0.306 e. The second kappa shape index (κ2) is 50.3. The molecule has 0 aliphatic heterocycles. The van der Waals surface area contributed by atoms with Crippen LogP contribution in [0.4, 0.5) is 0 Å². The zero-order valence-electron chi connectivity index (χ0n) is 41.4. The van der Waals surface area contributed by atoms with E-state index in [0.29, 0.717) is 19.3 Å². The van der Waals surface area contributed by atoms with Crippen LogP contribution < -0.4 is 5.32 Å². The lowest BCUT2D eigenvalue weighted by atomic mass is 10.0. The molecular formula is C57H101NO5. The first-order valence-corrected chi connectivity index (χ1v) is 26.7. The molecule has 3 unspecified atom stereocenters. The van der Waals surface area contributed by atoms with Crippen LogP contribution in [-0.2, 0) is 14.3 Å². The van der Waals surface area contributed by atoms with E-state index in [0.717, 1.165) is 70.6 Å². The molecule has 0 fully saturated rings. The van der Waals surface area contributed by atoms with Crippen LogP contribution in [-0.4, -0.2) is 46.9 Å². The lowest BCUT2D eigenvalue weighted by Crippen LogP contribution is -2.46. The number of carbonyl (C=O) groups is 2. The summed E-state index contributed by atoms with van der Waals surface area (Å²) >= 11 is 0. The summed E-state index contributed by atoms with van der Waals surface area (Å²) in [6, 6.07) is -0.730. The van der Waals surface area contributed by atoms with E-state index in [1.165, 1.54) is 135 Å². The van der Waals surface area contributed by atoms with Gasteiger partial charge in [0.2, 0.25) is 5.91 Å². The van der Waals surface area contributed by atoms with E-state index in [1.807, 2.05) is 48.6 Å². The minimum absolute atomic E-state index is 0.0208. The number of unbranched alkanes of at least 4 members (excludes halogenated alkanes) is 27. The Labute approximate surface area is 390 Å². The van der Waals surface area contributed by atoms with E-state index in [1.54, 1.807) is 0 Å². The first kappa shape index (κ1) is 60.3. The summed E-state index contributed by atoms with van der Waals surface area (Å²) in [4.78, 5) is 26.1. The normalized spacial score (nSPS) is 13.8. The predicted molar refractivity (Wildman–Crippen MR) is 273 cm³/mol. The minimum atomic E-state index is -0.812. The van der Waals surface area contributed by atoms with Crippen molar-refractivity contribution in [2.75, 3.05) is 6.61 Å². The van der Waals surface area contributed by atoms with E-state index in [2.05, 4.69) is 50.4 Å². The SMILES string of the molecule is CC/C=C/C=C/C=C\C=C/C=C/CCCC(CC(=O)NC(CO)C(O)CCCCCCCCCCCCCCCCCCC)OC(=O)CCCCC/C=C\CCCCCCCCC. The second-order valence-electron chi connectivity index (χ2n) is 18.0. The highest BCUT2D eigenvalue weighted by Gasteiger charge is 2.24. The second-order valence-corrected chi connectivity index (χ2v) is 18.0. The van der Waals surface area contributed by atoms with Gasteiger partial charge in [-0.15, -0.1) is 0 Å². The summed E-state index contributed by atoms with van der Waals surface area (Å²) < 4.78 is 5.89. The third kappa shape index (κ3) is 45.7. The van der Waals surface area contributed by atoms with Gasteiger partial charge in [0.25, 0.3) is 0 Å². The van der Waals surface area contributed by atoms with E-state index in [4.69, 9.17) is 4.74 Å². The molecule has 0 aliphatic carbocycles. The maximum atomic E-state index is 13.2. The molecule has 3 atom stereocenters. The van der Waals surface area contributed by atoms with Crippen molar-refractivity contribution in [2.24, 2.45) is 0 Å². The highest BCUT2D eigenvalue weighted by molar-refractivity contribution is 5.77. The molecule has 0 radical (unpaired) electrons. The number of carbonyl (C=O) groups excluding carboxylic acids is 2. The van der Waals surface area contributed by atoms with Gasteiger partial charge in [-0.1, -0.05) is 248 Å². The van der Waals surface area contributed by atoms with Gasteiger partial charge in [-0.25, -0.2) is 0 Å². The maximum Gasteiger partial charge on any atom is 0.306 e. The van der Waals surface area contributed by atoms with Gasteiger partial charge >= 0.3 is 5.97 Å². The Bertz CT molecular complexity index is 1170. The number of hydrogen-bond acceptors (Lipinski definition) is 5. The highest BCUT2D eigenvalue weighted by Crippen LogP contribution is 2.17. The van der Waals surface area contributed by atoms with Crippen molar-refractivity contribution in [2.45, 2.75) is 270 Å². The van der Waals surface area contributed by atoms with E-state index in [-0.39, 0.29) is 24.9 Å². The number of allylic oxidation sites excluding steroid dienone is 12. The molecule has 6 nitrogen and oxygen atoms in total. The molecule has 0 aliphatic rings. The van der Waals surface area contributed by atoms with Crippen LogP contribution in [0.3, 0.4) is 0 Å². The van der Waals surface area contributed by atoms with Gasteiger partial charge in [-0.05, 0) is 64.2 Å². The molecule has 0 saturated heterocycles. The van der Waals surface area contributed by atoms with Crippen LogP contribution in [0.1, 0.15) is 252 Å². The van der Waals surface area contributed by atoms with E-state index >= 15 is 0 Å². The first-order chi connectivity index (χ1) is 31.0. The van der Waals surface area contributed by atoms with Crippen molar-refractivity contribution in [3.8, 4) is 0 Å². The molecule has 0 saturated carbocycles. The molecule has 3 N–H and O–H groups in total. The minimum Gasteiger partial charge on any atom is -0.462 e. The van der Waals surface area contributed by atoms with Crippen LogP contribution in [0, 0.1) is 0 Å². The van der Waals surface area contributed by atoms with Gasteiger partial charge in [0.05, 0.1) is 25.2 Å². The van der Waals surface area contributed by atoms with Gasteiger partial charge in [0.15, 0.2) is 0 Å². The topological polar surface area (TPSA) is 95.9 Å². The molecule has 0 rings (SSSR count). The van der Waals surface area contributed by atoms with Crippen molar-refractivity contribution in [1.82, 2.24) is 5.32 Å². The lowest BCUT2D eigenvalue weighted by Gasteiger charge is -2.24. The average molecular weight is 880 g/mol. The molecule has 0 bridgehead atoms. The maximum absolute atomic E-state index is 13.2. The number of amides is 1. The van der Waals surface area contributed by atoms with Crippen LogP contribution in [0.15, 0.2) is 72.9 Å². The number of ether oxygens (including phenoxy) is 1. The summed E-state index contributed by atoms with van der Waals surface area (Å²) in [5, 5.41) is 23.8. The number of rotatable bonds is 47. The van der Waals surface area contributed by atoms with Crippen molar-refractivity contribution in [3.63, 3.8) is 0 Å². The molecule has 0 aromatic rings. The molecule has 6 heteroatoms. The van der Waals surface area contributed by atoms with Gasteiger partial charge in [0.1, 0.15) is 6.10 Å². The number of esters is 1. The predicted octanol–water partition coefficient (Wildman–Crippen LogP) is 16.2. The Hall–Kier alpha value is -2.70. The lowest BCUT2D eigenvalue weighted by molar-refractivity contribution is -0.151. The standard InChI is InChI=1S/C57H101NO5/c1-4-7-10-13-16-19-22-25-27-28-29-31-34-37-40-43-46-49-55(60)54(52-59)58-56(61)51-53(48-45-42-39-36-33-30-24-21-18-15-12-9-6-3)63-57(62)50-47-44-41-38-35-32-26-23-20-17-14-11-8-5-2/h9,12,15,18,21,24,30,32-33,35-36,39,53-55,59-60H,4-8,10-11,13-14,16-17,19-20,22-23,25-29,31,34,37-38,40-52H2,1-3H3,(H,58,61)/b12-9+,18-15+,24-21-,33-30-,35-32-,39-36+. The quantitative estimate of drug-likeness (QED) is 0.0245. The molecule has 0 spiro atoms. The summed E-state index contributed by atoms with van der Waals surface area (Å²) in [5.74, 6) is -0.564. The summed E-state index contributed by atoms with van der Waals surface area (Å²) in [6.45, 7) is 6.32. The molecule has 63 heavy (non-hydrogen) atoms. The summed E-state index contributed by atoms with van der Waals surface area (Å²) in [7, 11) is 0. The Morgan fingerprint density at radius 1 is 0.476 bits per heavy atom. The Morgan fingerprint density at radius 3 is 1.37 bits per heavy atom. The largest absolute Gasteiger partial charge is 0.462 e. The Morgan fingerprint density at radius 2 is 0.889 bits per heavy atom. The van der Waals surface area contributed by atoms with Gasteiger partial charge in [0, 0.05) is 6.42 Å². The molecular weight excluding hydrogens is 779 g/mol. The Balaban J connectivity index is 4.62. The monoisotopic (exact) mass is 880 g/mol. The van der Waals surface area contributed by atoms with Gasteiger partial charge < -0.3 is 20.3 Å². The molecule has 0 aromatic heterocycles. The van der Waals surface area contributed by atoms with Crippen LogP contribution >= 0.6 is 0 Å².